The number of halogens is 1. The van der Waals surface area contributed by atoms with Gasteiger partial charge in [-0.25, -0.2) is 0 Å². The molecule has 16 heavy (non-hydrogen) atoms. The van der Waals surface area contributed by atoms with E-state index >= 15 is 0 Å². The molecule has 0 aromatic carbocycles. The topological polar surface area (TPSA) is 29.1 Å². The Kier molecular flexibility index (Phi) is 3.91. The normalized spacial score (nSPS) is 16.2. The van der Waals surface area contributed by atoms with E-state index < -0.39 is 0 Å². The van der Waals surface area contributed by atoms with Gasteiger partial charge in [0.2, 0.25) is 0 Å². The van der Waals surface area contributed by atoms with E-state index in [0.29, 0.717) is 10.7 Å². The van der Waals surface area contributed by atoms with Crippen LogP contribution in [0.5, 0.6) is 0 Å². The molecule has 0 bridgehead atoms. The smallest absolute Gasteiger partial charge is 0.152 e. The van der Waals surface area contributed by atoms with Gasteiger partial charge in [-0.05, 0) is 43.2 Å². The summed E-state index contributed by atoms with van der Waals surface area (Å²) in [5, 5.41) is 3.60. The van der Waals surface area contributed by atoms with Crippen molar-refractivity contribution in [2.75, 3.05) is 0 Å². The molecule has 3 heteroatoms. The Hall–Kier alpha value is -1.54. The molecule has 0 amide bonds. The van der Waals surface area contributed by atoms with Crippen LogP contribution < -0.4 is 5.32 Å². The predicted molar refractivity (Wildman–Crippen MR) is 67.9 cm³/mol. The minimum atomic E-state index is -0.0116. The lowest BCUT2D eigenvalue weighted by atomic mass is 10.0. The lowest BCUT2D eigenvalue weighted by molar-refractivity contribution is -0.112. The Balaban J connectivity index is 3.17. The molecule has 0 saturated carbocycles. The standard InChI is InChI=1S/C13H14ClNO/c1-8(2)13-11(6-5-9(3)16)7-12(14)10(4)15-13/h5-7,15H,1,4H2,2-3H3/b6-5+. The predicted octanol–water partition coefficient (Wildman–Crippen LogP) is 3.20. The van der Waals surface area contributed by atoms with E-state index in [1.165, 1.54) is 13.0 Å². The number of carbonyl (C=O) groups excluding carboxylic acids is 1. The number of nitrogens with one attached hydrogen (secondary N) is 1. The lowest BCUT2D eigenvalue weighted by Crippen LogP contribution is -2.18. The van der Waals surface area contributed by atoms with Crippen LogP contribution in [0.25, 0.3) is 0 Å². The summed E-state index contributed by atoms with van der Waals surface area (Å²) in [6, 6.07) is 0. The van der Waals surface area contributed by atoms with Crippen molar-refractivity contribution in [2.24, 2.45) is 0 Å². The van der Waals surface area contributed by atoms with Crippen LogP contribution in [0.1, 0.15) is 13.8 Å². The first kappa shape index (κ1) is 12.5. The quantitative estimate of drug-likeness (QED) is 0.762. The van der Waals surface area contributed by atoms with E-state index in [1.54, 1.807) is 12.2 Å². The van der Waals surface area contributed by atoms with Crippen LogP contribution in [-0.2, 0) is 4.79 Å². The fraction of sp³-hybridized carbons (Fsp3) is 0.154. The second-order valence-electron chi connectivity index (χ2n) is 3.65. The number of ketones is 1. The maximum Gasteiger partial charge on any atom is 0.152 e. The minimum Gasteiger partial charge on any atom is -0.354 e. The summed E-state index contributed by atoms with van der Waals surface area (Å²) in [6.07, 6.45) is 4.98. The van der Waals surface area contributed by atoms with Gasteiger partial charge in [-0.1, -0.05) is 24.8 Å². The second kappa shape index (κ2) is 4.99. The van der Waals surface area contributed by atoms with Crippen LogP contribution in [-0.4, -0.2) is 5.78 Å². The molecule has 0 atom stereocenters. The highest BCUT2D eigenvalue weighted by Crippen LogP contribution is 2.25. The van der Waals surface area contributed by atoms with Gasteiger partial charge in [-0.15, -0.1) is 0 Å². The largest absolute Gasteiger partial charge is 0.354 e. The van der Waals surface area contributed by atoms with Crippen molar-refractivity contribution in [1.82, 2.24) is 5.32 Å². The molecule has 1 heterocycles. The van der Waals surface area contributed by atoms with Gasteiger partial charge in [0.05, 0.1) is 10.7 Å². The van der Waals surface area contributed by atoms with Crippen molar-refractivity contribution >= 4 is 17.4 Å². The van der Waals surface area contributed by atoms with Gasteiger partial charge >= 0.3 is 0 Å². The summed E-state index contributed by atoms with van der Waals surface area (Å²) in [6.45, 7) is 11.0. The number of carbonyl (C=O) groups is 1. The minimum absolute atomic E-state index is 0.0116. The van der Waals surface area contributed by atoms with Crippen molar-refractivity contribution in [3.8, 4) is 0 Å². The molecule has 0 radical (unpaired) electrons. The Bertz CT molecular complexity index is 453. The maximum atomic E-state index is 10.9. The third-order valence-corrected chi connectivity index (χ3v) is 2.40. The summed E-state index contributed by atoms with van der Waals surface area (Å²) in [5.74, 6) is -0.0116. The molecule has 2 nitrogen and oxygen atoms in total. The van der Waals surface area contributed by atoms with Gasteiger partial charge in [0.25, 0.3) is 0 Å². The number of dihydropyridines is 1. The first-order valence-electron chi connectivity index (χ1n) is 4.84. The highest BCUT2D eigenvalue weighted by atomic mass is 35.5. The van der Waals surface area contributed by atoms with Crippen LogP contribution in [0.4, 0.5) is 0 Å². The van der Waals surface area contributed by atoms with Gasteiger partial charge in [-0.3, -0.25) is 4.79 Å². The van der Waals surface area contributed by atoms with Gasteiger partial charge in [0, 0.05) is 5.70 Å². The van der Waals surface area contributed by atoms with Gasteiger partial charge in [-0.2, -0.15) is 0 Å². The van der Waals surface area contributed by atoms with E-state index in [4.69, 9.17) is 11.6 Å². The van der Waals surface area contributed by atoms with Crippen LogP contribution in [0.15, 0.2) is 59.0 Å². The van der Waals surface area contributed by atoms with Crippen LogP contribution in [0.3, 0.4) is 0 Å². The molecule has 0 fully saturated rings. The average Bonchev–Trinajstić information content (AvgIpc) is 2.18. The zero-order chi connectivity index (χ0) is 12.3. The molecule has 84 valence electrons. The number of hydrogen-bond donors (Lipinski definition) is 1. The number of hydrogen-bond acceptors (Lipinski definition) is 2. The summed E-state index contributed by atoms with van der Waals surface area (Å²) in [4.78, 5) is 10.9. The highest BCUT2D eigenvalue weighted by Gasteiger charge is 2.13. The van der Waals surface area contributed by atoms with E-state index in [0.717, 1.165) is 16.8 Å². The van der Waals surface area contributed by atoms with Crippen molar-refractivity contribution < 1.29 is 4.79 Å². The number of allylic oxidation sites excluding steroid dienone is 6. The summed E-state index contributed by atoms with van der Waals surface area (Å²) in [5.41, 5.74) is 3.18. The zero-order valence-corrected chi connectivity index (χ0v) is 10.2. The molecule has 0 aromatic heterocycles. The zero-order valence-electron chi connectivity index (χ0n) is 9.43. The lowest BCUT2D eigenvalue weighted by Gasteiger charge is -2.20. The highest BCUT2D eigenvalue weighted by molar-refractivity contribution is 6.32. The van der Waals surface area contributed by atoms with E-state index in [9.17, 15) is 4.79 Å². The molecule has 1 aliphatic heterocycles. The third-order valence-electron chi connectivity index (χ3n) is 2.06. The van der Waals surface area contributed by atoms with E-state index in [1.807, 2.05) is 6.92 Å². The van der Waals surface area contributed by atoms with Gasteiger partial charge in [0.15, 0.2) is 5.78 Å². The van der Waals surface area contributed by atoms with E-state index in [-0.39, 0.29) is 5.78 Å². The van der Waals surface area contributed by atoms with Crippen molar-refractivity contribution in [1.29, 1.82) is 0 Å². The molecule has 0 spiro atoms. The molecule has 1 aliphatic rings. The Morgan fingerprint density at radius 2 is 2.12 bits per heavy atom. The van der Waals surface area contributed by atoms with Crippen LogP contribution in [0.2, 0.25) is 0 Å². The fourth-order valence-corrected chi connectivity index (χ4v) is 1.44. The monoisotopic (exact) mass is 235 g/mol. The molecular weight excluding hydrogens is 222 g/mol. The Labute approximate surface area is 101 Å². The Morgan fingerprint density at radius 3 is 2.62 bits per heavy atom. The third kappa shape index (κ3) is 2.97. The van der Waals surface area contributed by atoms with Gasteiger partial charge in [0.1, 0.15) is 0 Å². The molecule has 0 aliphatic carbocycles. The van der Waals surface area contributed by atoms with Crippen LogP contribution >= 0.6 is 11.6 Å². The van der Waals surface area contributed by atoms with Crippen molar-refractivity contribution in [3.05, 3.63) is 59.0 Å². The van der Waals surface area contributed by atoms with E-state index in [2.05, 4.69) is 18.5 Å². The first-order valence-corrected chi connectivity index (χ1v) is 5.22. The maximum absolute atomic E-state index is 10.9. The van der Waals surface area contributed by atoms with Crippen LogP contribution in [0, 0.1) is 0 Å². The molecule has 1 rings (SSSR count). The first-order chi connectivity index (χ1) is 7.41. The SMILES string of the molecule is C=C(C)C1=C(/C=C/C(C)=O)C=C(Cl)C(=C)N1. The van der Waals surface area contributed by atoms with Crippen molar-refractivity contribution in [2.45, 2.75) is 13.8 Å². The molecule has 0 saturated heterocycles. The summed E-state index contributed by atoms with van der Waals surface area (Å²) in [7, 11) is 0. The molecule has 0 aromatic rings. The molecular formula is C13H14ClNO. The van der Waals surface area contributed by atoms with Crippen molar-refractivity contribution in [3.63, 3.8) is 0 Å². The molecule has 0 unspecified atom stereocenters. The number of rotatable bonds is 3. The second-order valence-corrected chi connectivity index (χ2v) is 4.06. The fourth-order valence-electron chi connectivity index (χ4n) is 1.27. The van der Waals surface area contributed by atoms with Gasteiger partial charge < -0.3 is 5.32 Å². The molecule has 1 N–H and O–H groups in total. The Morgan fingerprint density at radius 1 is 1.50 bits per heavy atom. The average molecular weight is 236 g/mol. The summed E-state index contributed by atoms with van der Waals surface area (Å²) >= 11 is 5.96. The summed E-state index contributed by atoms with van der Waals surface area (Å²) < 4.78 is 0.